The van der Waals surface area contributed by atoms with Gasteiger partial charge in [-0.2, -0.15) is 0 Å². The summed E-state index contributed by atoms with van der Waals surface area (Å²) in [5.74, 6) is -5.39. The van der Waals surface area contributed by atoms with Gasteiger partial charge in [0, 0.05) is 12.8 Å². The van der Waals surface area contributed by atoms with Crippen LogP contribution in [-0.4, -0.2) is 87.0 Å². The van der Waals surface area contributed by atoms with Crippen LogP contribution in [0.4, 0.5) is 0 Å². The number of nitrogens with one attached hydrogen (secondary N) is 3. The molecule has 0 radical (unpaired) electrons. The molecule has 5 unspecified atom stereocenters. The fourth-order valence-corrected chi connectivity index (χ4v) is 2.86. The second-order valence-corrected chi connectivity index (χ2v) is 7.60. The van der Waals surface area contributed by atoms with Crippen molar-refractivity contribution < 1.29 is 44.4 Å². The number of rotatable bonds is 14. The first-order valence-corrected chi connectivity index (χ1v) is 10.4. The van der Waals surface area contributed by atoms with E-state index in [0.717, 1.165) is 0 Å². The standard InChI is InChI=1S/C21H30N4O9/c1-11(27)17(21(33)34)25-19(31)14(9-12-5-3-2-4-6-12)23-20(32)15(10-26)24-18(30)13(22)7-8-16(28)29/h2-6,11,13-15,17,26-27H,7-10,22H2,1H3,(H,23,32)(H,24,30)(H,25,31)(H,28,29)(H,33,34). The number of aliphatic hydroxyl groups is 2. The highest BCUT2D eigenvalue weighted by molar-refractivity contribution is 5.94. The highest BCUT2D eigenvalue weighted by Crippen LogP contribution is 2.06. The molecule has 0 spiro atoms. The van der Waals surface area contributed by atoms with Crippen molar-refractivity contribution in [3.05, 3.63) is 35.9 Å². The maximum atomic E-state index is 12.8. The van der Waals surface area contributed by atoms with Gasteiger partial charge in [-0.05, 0) is 18.9 Å². The number of aliphatic carboxylic acids is 2. The number of amides is 3. The average Bonchev–Trinajstić information content (AvgIpc) is 2.78. The van der Waals surface area contributed by atoms with Crippen molar-refractivity contribution in [2.75, 3.05) is 6.61 Å². The molecule has 0 aromatic heterocycles. The number of carboxylic acids is 2. The Morgan fingerprint density at radius 1 is 0.912 bits per heavy atom. The molecule has 0 fully saturated rings. The van der Waals surface area contributed by atoms with Crippen LogP contribution in [-0.2, 0) is 30.4 Å². The number of carbonyl (C=O) groups is 5. The Bertz CT molecular complexity index is 863. The smallest absolute Gasteiger partial charge is 0.328 e. The summed E-state index contributed by atoms with van der Waals surface area (Å²) in [7, 11) is 0. The number of aliphatic hydroxyl groups excluding tert-OH is 2. The Hall–Kier alpha value is -3.55. The molecule has 1 aromatic rings. The molecule has 0 heterocycles. The summed E-state index contributed by atoms with van der Waals surface area (Å²) in [6.07, 6.45) is -2.06. The molecule has 0 aliphatic carbocycles. The third kappa shape index (κ3) is 9.52. The van der Waals surface area contributed by atoms with Crippen molar-refractivity contribution in [2.45, 2.75) is 56.5 Å². The number of hydrogen-bond acceptors (Lipinski definition) is 8. The number of hydrogen-bond donors (Lipinski definition) is 8. The summed E-state index contributed by atoms with van der Waals surface area (Å²) in [4.78, 5) is 59.6. The van der Waals surface area contributed by atoms with Gasteiger partial charge in [-0.15, -0.1) is 0 Å². The number of carboxylic acid groups (broad SMARTS) is 2. The molecule has 1 aromatic carbocycles. The molecular weight excluding hydrogens is 452 g/mol. The first kappa shape index (κ1) is 28.5. The topological polar surface area (TPSA) is 228 Å². The first-order chi connectivity index (χ1) is 16.0. The molecule has 3 amide bonds. The zero-order valence-electron chi connectivity index (χ0n) is 18.5. The van der Waals surface area contributed by atoms with Crippen LogP contribution in [0.2, 0.25) is 0 Å². The molecule has 0 aliphatic heterocycles. The van der Waals surface area contributed by atoms with Gasteiger partial charge in [0.1, 0.15) is 12.1 Å². The Balaban J connectivity index is 2.97. The van der Waals surface area contributed by atoms with Gasteiger partial charge in [-0.25, -0.2) is 4.79 Å². The normalized spacial score (nSPS) is 15.2. The fourth-order valence-electron chi connectivity index (χ4n) is 2.86. The van der Waals surface area contributed by atoms with E-state index in [1.165, 1.54) is 6.92 Å². The van der Waals surface area contributed by atoms with E-state index in [1.807, 2.05) is 0 Å². The van der Waals surface area contributed by atoms with Crippen LogP contribution in [0.5, 0.6) is 0 Å². The lowest BCUT2D eigenvalue weighted by molar-refractivity contribution is -0.145. The van der Waals surface area contributed by atoms with Gasteiger partial charge in [-0.1, -0.05) is 30.3 Å². The van der Waals surface area contributed by atoms with Crippen LogP contribution in [0, 0.1) is 0 Å². The minimum Gasteiger partial charge on any atom is -0.481 e. The first-order valence-electron chi connectivity index (χ1n) is 10.4. The van der Waals surface area contributed by atoms with Crippen LogP contribution >= 0.6 is 0 Å². The molecule has 0 bridgehead atoms. The lowest BCUT2D eigenvalue weighted by Gasteiger charge is -2.25. The fraction of sp³-hybridized carbons (Fsp3) is 0.476. The Kier molecular flexibility index (Phi) is 11.6. The molecule has 13 nitrogen and oxygen atoms in total. The monoisotopic (exact) mass is 482 g/mol. The number of carbonyl (C=O) groups excluding carboxylic acids is 3. The van der Waals surface area contributed by atoms with Gasteiger partial charge >= 0.3 is 11.9 Å². The second-order valence-electron chi connectivity index (χ2n) is 7.60. The van der Waals surface area contributed by atoms with Crippen LogP contribution < -0.4 is 21.7 Å². The summed E-state index contributed by atoms with van der Waals surface area (Å²) in [6, 6.07) is 2.74. The zero-order valence-corrected chi connectivity index (χ0v) is 18.5. The predicted octanol–water partition coefficient (Wildman–Crippen LogP) is -2.67. The van der Waals surface area contributed by atoms with Crippen molar-refractivity contribution >= 4 is 29.7 Å². The van der Waals surface area contributed by atoms with E-state index < -0.39 is 66.5 Å². The number of nitrogens with two attached hydrogens (primary N) is 1. The van der Waals surface area contributed by atoms with Crippen LogP contribution in [0.3, 0.4) is 0 Å². The molecule has 9 N–H and O–H groups in total. The summed E-state index contributed by atoms with van der Waals surface area (Å²) in [6.45, 7) is 0.323. The predicted molar refractivity (Wildman–Crippen MR) is 117 cm³/mol. The van der Waals surface area contributed by atoms with Gasteiger partial charge in [-0.3, -0.25) is 19.2 Å². The summed E-state index contributed by atoms with van der Waals surface area (Å²) in [5.41, 5.74) is 6.22. The molecule has 188 valence electrons. The highest BCUT2D eigenvalue weighted by atomic mass is 16.4. The Morgan fingerprint density at radius 3 is 1.97 bits per heavy atom. The molecule has 13 heteroatoms. The Labute approximate surface area is 195 Å². The maximum Gasteiger partial charge on any atom is 0.328 e. The lowest BCUT2D eigenvalue weighted by Crippen LogP contribution is -2.59. The van der Waals surface area contributed by atoms with E-state index in [-0.39, 0.29) is 19.3 Å². The maximum absolute atomic E-state index is 12.8. The van der Waals surface area contributed by atoms with Gasteiger partial charge in [0.05, 0.1) is 18.8 Å². The van der Waals surface area contributed by atoms with Crippen molar-refractivity contribution in [3.63, 3.8) is 0 Å². The van der Waals surface area contributed by atoms with Gasteiger partial charge in [0.2, 0.25) is 17.7 Å². The molecular formula is C21H30N4O9. The molecule has 34 heavy (non-hydrogen) atoms. The average molecular weight is 482 g/mol. The summed E-state index contributed by atoms with van der Waals surface area (Å²) >= 11 is 0. The van der Waals surface area contributed by atoms with E-state index in [4.69, 9.17) is 10.8 Å². The van der Waals surface area contributed by atoms with E-state index in [9.17, 15) is 39.3 Å². The quantitative estimate of drug-likeness (QED) is 0.137. The van der Waals surface area contributed by atoms with Crippen molar-refractivity contribution in [3.8, 4) is 0 Å². The third-order valence-corrected chi connectivity index (χ3v) is 4.78. The molecule has 0 saturated heterocycles. The van der Waals surface area contributed by atoms with Crippen LogP contribution in [0.1, 0.15) is 25.3 Å². The largest absolute Gasteiger partial charge is 0.481 e. The van der Waals surface area contributed by atoms with Gasteiger partial charge in [0.15, 0.2) is 6.04 Å². The van der Waals surface area contributed by atoms with E-state index in [2.05, 4.69) is 16.0 Å². The third-order valence-electron chi connectivity index (χ3n) is 4.78. The van der Waals surface area contributed by atoms with Crippen molar-refractivity contribution in [2.24, 2.45) is 5.73 Å². The minimum atomic E-state index is -1.64. The van der Waals surface area contributed by atoms with E-state index >= 15 is 0 Å². The molecule has 5 atom stereocenters. The summed E-state index contributed by atoms with van der Waals surface area (Å²) in [5, 5.41) is 43.8. The SMILES string of the molecule is CC(O)C(NC(=O)C(Cc1ccccc1)NC(=O)C(CO)NC(=O)C(N)CCC(=O)O)C(=O)O. The lowest BCUT2D eigenvalue weighted by atomic mass is 10.0. The van der Waals surface area contributed by atoms with Crippen LogP contribution in [0.15, 0.2) is 30.3 Å². The number of benzene rings is 1. The van der Waals surface area contributed by atoms with Crippen molar-refractivity contribution in [1.82, 2.24) is 16.0 Å². The van der Waals surface area contributed by atoms with Gasteiger partial charge < -0.3 is 42.1 Å². The molecule has 1 rings (SSSR count). The van der Waals surface area contributed by atoms with E-state index in [0.29, 0.717) is 5.56 Å². The zero-order chi connectivity index (χ0) is 25.8. The second kappa shape index (κ2) is 13.9. The molecule has 0 aliphatic rings. The molecule has 0 saturated carbocycles. The summed E-state index contributed by atoms with van der Waals surface area (Å²) < 4.78 is 0. The van der Waals surface area contributed by atoms with Crippen LogP contribution in [0.25, 0.3) is 0 Å². The highest BCUT2D eigenvalue weighted by Gasteiger charge is 2.31. The van der Waals surface area contributed by atoms with Crippen molar-refractivity contribution in [1.29, 1.82) is 0 Å². The minimum absolute atomic E-state index is 0.0607. The van der Waals surface area contributed by atoms with Gasteiger partial charge in [0.25, 0.3) is 0 Å². The Morgan fingerprint density at radius 2 is 1.47 bits per heavy atom. The van der Waals surface area contributed by atoms with E-state index in [1.54, 1.807) is 30.3 Å².